The summed E-state index contributed by atoms with van der Waals surface area (Å²) in [6.07, 6.45) is 0. The minimum Gasteiger partial charge on any atom is -0.478 e. The Labute approximate surface area is 120 Å². The monoisotopic (exact) mass is 320 g/mol. The summed E-state index contributed by atoms with van der Waals surface area (Å²) in [6.45, 7) is 3.82. The predicted molar refractivity (Wildman–Crippen MR) is 77.1 cm³/mol. The van der Waals surface area contributed by atoms with Crippen molar-refractivity contribution in [3.8, 4) is 11.5 Å². The number of carboxylic acid groups (broad SMARTS) is 1. The number of rotatable bonds is 3. The molecule has 2 rings (SSSR count). The Morgan fingerprint density at radius 2 is 1.63 bits per heavy atom. The molecule has 19 heavy (non-hydrogen) atoms. The molecule has 0 unspecified atom stereocenters. The van der Waals surface area contributed by atoms with Crippen LogP contribution in [-0.2, 0) is 0 Å². The Morgan fingerprint density at radius 1 is 1.05 bits per heavy atom. The SMILES string of the molecule is Cc1ccc(Oc2ccc(C)cc2C(=O)O)c(Br)c1. The molecule has 0 fully saturated rings. The first-order chi connectivity index (χ1) is 8.97. The van der Waals surface area contributed by atoms with Crippen LogP contribution in [0.4, 0.5) is 0 Å². The maximum absolute atomic E-state index is 11.2. The fraction of sp³-hybridized carbons (Fsp3) is 0.133. The van der Waals surface area contributed by atoms with E-state index in [4.69, 9.17) is 4.74 Å². The van der Waals surface area contributed by atoms with Crippen molar-refractivity contribution in [2.45, 2.75) is 13.8 Å². The molecule has 0 atom stereocenters. The highest BCUT2D eigenvalue weighted by molar-refractivity contribution is 9.10. The molecule has 0 saturated heterocycles. The molecule has 0 aliphatic carbocycles. The average Bonchev–Trinajstić information content (AvgIpc) is 2.34. The molecule has 0 aromatic heterocycles. The number of hydrogen-bond acceptors (Lipinski definition) is 2. The third kappa shape index (κ3) is 3.15. The van der Waals surface area contributed by atoms with Gasteiger partial charge in [0.05, 0.1) is 4.47 Å². The average molecular weight is 321 g/mol. The molecular formula is C15H13BrO3. The second-order valence-electron chi connectivity index (χ2n) is 4.34. The molecule has 0 bridgehead atoms. The van der Waals surface area contributed by atoms with Gasteiger partial charge in [-0.2, -0.15) is 0 Å². The van der Waals surface area contributed by atoms with Gasteiger partial charge in [-0.15, -0.1) is 0 Å². The molecule has 3 nitrogen and oxygen atoms in total. The standard InChI is InChI=1S/C15H13BrO3/c1-9-3-5-13(11(7-9)15(17)18)19-14-6-4-10(2)8-12(14)16/h3-8H,1-2H3,(H,17,18). The third-order valence-corrected chi connectivity index (χ3v) is 3.29. The number of carboxylic acids is 1. The predicted octanol–water partition coefficient (Wildman–Crippen LogP) is 4.56. The number of hydrogen-bond donors (Lipinski definition) is 1. The smallest absolute Gasteiger partial charge is 0.339 e. The van der Waals surface area contributed by atoms with Crippen molar-refractivity contribution in [2.24, 2.45) is 0 Å². The maximum atomic E-state index is 11.2. The van der Waals surface area contributed by atoms with Crippen LogP contribution in [0, 0.1) is 13.8 Å². The minimum atomic E-state index is -0.998. The largest absolute Gasteiger partial charge is 0.478 e. The van der Waals surface area contributed by atoms with E-state index in [0.717, 1.165) is 15.6 Å². The van der Waals surface area contributed by atoms with Crippen molar-refractivity contribution >= 4 is 21.9 Å². The molecule has 0 aliphatic heterocycles. The number of ether oxygens (including phenoxy) is 1. The first-order valence-corrected chi connectivity index (χ1v) is 6.54. The molecule has 0 radical (unpaired) electrons. The van der Waals surface area contributed by atoms with Crippen LogP contribution < -0.4 is 4.74 Å². The van der Waals surface area contributed by atoms with Gasteiger partial charge in [-0.25, -0.2) is 4.79 Å². The first kappa shape index (κ1) is 13.6. The summed E-state index contributed by atoms with van der Waals surface area (Å²) < 4.78 is 6.48. The topological polar surface area (TPSA) is 46.5 Å². The van der Waals surface area contributed by atoms with E-state index in [-0.39, 0.29) is 5.56 Å². The van der Waals surface area contributed by atoms with Crippen LogP contribution in [0.25, 0.3) is 0 Å². The van der Waals surface area contributed by atoms with Crippen molar-refractivity contribution in [3.63, 3.8) is 0 Å². The lowest BCUT2D eigenvalue weighted by molar-refractivity contribution is 0.0694. The Hall–Kier alpha value is -1.81. The lowest BCUT2D eigenvalue weighted by Gasteiger charge is -2.11. The molecule has 0 heterocycles. The van der Waals surface area contributed by atoms with Gasteiger partial charge in [0.15, 0.2) is 0 Å². The van der Waals surface area contributed by atoms with E-state index in [0.29, 0.717) is 11.5 Å². The highest BCUT2D eigenvalue weighted by Crippen LogP contribution is 2.32. The maximum Gasteiger partial charge on any atom is 0.339 e. The van der Waals surface area contributed by atoms with Gasteiger partial charge in [-0.3, -0.25) is 0 Å². The Bertz CT molecular complexity index is 635. The van der Waals surface area contributed by atoms with Crippen molar-refractivity contribution in [1.29, 1.82) is 0 Å². The van der Waals surface area contributed by atoms with Crippen LogP contribution in [-0.4, -0.2) is 11.1 Å². The van der Waals surface area contributed by atoms with Gasteiger partial charge in [-0.05, 0) is 59.6 Å². The van der Waals surface area contributed by atoms with Crippen LogP contribution in [0.1, 0.15) is 21.5 Å². The summed E-state index contributed by atoms with van der Waals surface area (Å²) in [4.78, 5) is 11.2. The van der Waals surface area contributed by atoms with Crippen molar-refractivity contribution < 1.29 is 14.6 Å². The van der Waals surface area contributed by atoms with Gasteiger partial charge in [-0.1, -0.05) is 17.7 Å². The van der Waals surface area contributed by atoms with Crippen molar-refractivity contribution in [3.05, 3.63) is 57.6 Å². The zero-order valence-electron chi connectivity index (χ0n) is 10.6. The molecule has 4 heteroatoms. The zero-order valence-corrected chi connectivity index (χ0v) is 12.2. The first-order valence-electron chi connectivity index (χ1n) is 5.75. The molecule has 0 spiro atoms. The van der Waals surface area contributed by atoms with Gasteiger partial charge in [0.1, 0.15) is 17.1 Å². The quantitative estimate of drug-likeness (QED) is 0.902. The number of aryl methyl sites for hydroxylation is 2. The number of benzene rings is 2. The number of aromatic carboxylic acids is 1. The normalized spacial score (nSPS) is 10.3. The van der Waals surface area contributed by atoms with E-state index < -0.39 is 5.97 Å². The Balaban J connectivity index is 2.40. The lowest BCUT2D eigenvalue weighted by Crippen LogP contribution is -2.00. The summed E-state index contributed by atoms with van der Waals surface area (Å²) in [5.41, 5.74) is 2.14. The lowest BCUT2D eigenvalue weighted by atomic mass is 10.1. The van der Waals surface area contributed by atoms with Crippen LogP contribution in [0.15, 0.2) is 40.9 Å². The van der Waals surface area contributed by atoms with Crippen molar-refractivity contribution in [1.82, 2.24) is 0 Å². The minimum absolute atomic E-state index is 0.160. The van der Waals surface area contributed by atoms with E-state index in [1.165, 1.54) is 0 Å². The van der Waals surface area contributed by atoms with E-state index in [2.05, 4.69) is 15.9 Å². The number of halogens is 1. The van der Waals surface area contributed by atoms with Gasteiger partial charge in [0.2, 0.25) is 0 Å². The summed E-state index contributed by atoms with van der Waals surface area (Å²) in [7, 11) is 0. The van der Waals surface area contributed by atoms with Gasteiger partial charge in [0.25, 0.3) is 0 Å². The fourth-order valence-corrected chi connectivity index (χ4v) is 2.28. The van der Waals surface area contributed by atoms with Gasteiger partial charge < -0.3 is 9.84 Å². The summed E-state index contributed by atoms with van der Waals surface area (Å²) in [6, 6.07) is 10.7. The Morgan fingerprint density at radius 3 is 2.21 bits per heavy atom. The molecular weight excluding hydrogens is 308 g/mol. The highest BCUT2D eigenvalue weighted by Gasteiger charge is 2.13. The summed E-state index contributed by atoms with van der Waals surface area (Å²) in [5.74, 6) is -0.0680. The van der Waals surface area contributed by atoms with Gasteiger partial charge in [0, 0.05) is 0 Å². The molecule has 1 N–H and O–H groups in total. The second-order valence-corrected chi connectivity index (χ2v) is 5.20. The van der Waals surface area contributed by atoms with E-state index in [9.17, 15) is 9.90 Å². The Kier molecular flexibility index (Phi) is 3.90. The van der Waals surface area contributed by atoms with E-state index >= 15 is 0 Å². The van der Waals surface area contributed by atoms with E-state index in [1.807, 2.05) is 38.1 Å². The molecule has 2 aromatic rings. The summed E-state index contributed by atoms with van der Waals surface area (Å²) >= 11 is 3.41. The molecule has 98 valence electrons. The second kappa shape index (κ2) is 5.45. The fourth-order valence-electron chi connectivity index (χ4n) is 1.71. The third-order valence-electron chi connectivity index (χ3n) is 2.67. The molecule has 0 amide bonds. The van der Waals surface area contributed by atoms with Crippen LogP contribution in [0.3, 0.4) is 0 Å². The van der Waals surface area contributed by atoms with Crippen LogP contribution >= 0.6 is 15.9 Å². The van der Waals surface area contributed by atoms with Crippen LogP contribution in [0.2, 0.25) is 0 Å². The molecule has 2 aromatic carbocycles. The number of carbonyl (C=O) groups is 1. The molecule has 0 aliphatic rings. The van der Waals surface area contributed by atoms with Crippen molar-refractivity contribution in [2.75, 3.05) is 0 Å². The van der Waals surface area contributed by atoms with Gasteiger partial charge >= 0.3 is 5.97 Å². The summed E-state index contributed by atoms with van der Waals surface area (Å²) in [5, 5.41) is 9.19. The molecule has 0 saturated carbocycles. The highest BCUT2D eigenvalue weighted by atomic mass is 79.9. The van der Waals surface area contributed by atoms with Crippen LogP contribution in [0.5, 0.6) is 11.5 Å². The zero-order chi connectivity index (χ0) is 14.0. The van der Waals surface area contributed by atoms with E-state index in [1.54, 1.807) is 12.1 Å².